The minimum atomic E-state index is 0.342. The van der Waals surface area contributed by atoms with Gasteiger partial charge in [0, 0.05) is 18.7 Å². The number of aromatic nitrogens is 1. The summed E-state index contributed by atoms with van der Waals surface area (Å²) in [5.74, 6) is 2.68. The Hall–Kier alpha value is -1.33. The van der Waals surface area contributed by atoms with Gasteiger partial charge in [-0.15, -0.1) is 12.3 Å². The highest BCUT2D eigenvalue weighted by atomic mass is 14.9. The van der Waals surface area contributed by atoms with Gasteiger partial charge in [-0.25, -0.2) is 0 Å². The van der Waals surface area contributed by atoms with Gasteiger partial charge in [-0.2, -0.15) is 0 Å². The van der Waals surface area contributed by atoms with E-state index in [1.165, 1.54) is 0 Å². The molecule has 16 heavy (non-hydrogen) atoms. The zero-order valence-corrected chi connectivity index (χ0v) is 9.95. The van der Waals surface area contributed by atoms with E-state index in [0.29, 0.717) is 6.04 Å². The Bertz CT molecular complexity index is 313. The fourth-order valence-corrected chi connectivity index (χ4v) is 1.66. The van der Waals surface area contributed by atoms with Gasteiger partial charge in [0.05, 0.1) is 5.69 Å². The molecule has 0 radical (unpaired) electrons. The molecule has 0 saturated carbocycles. The molecule has 0 fully saturated rings. The van der Waals surface area contributed by atoms with Gasteiger partial charge in [0.1, 0.15) is 0 Å². The Labute approximate surface area is 98.5 Å². The molecule has 2 nitrogen and oxygen atoms in total. The summed E-state index contributed by atoms with van der Waals surface area (Å²) in [5, 5.41) is 3.51. The highest BCUT2D eigenvalue weighted by Gasteiger charge is 2.10. The molecule has 0 aliphatic carbocycles. The van der Waals surface area contributed by atoms with Crippen molar-refractivity contribution in [3.63, 3.8) is 0 Å². The van der Waals surface area contributed by atoms with Crippen molar-refractivity contribution in [1.29, 1.82) is 0 Å². The molecule has 1 aromatic rings. The molecule has 0 aliphatic rings. The van der Waals surface area contributed by atoms with Gasteiger partial charge in [0.25, 0.3) is 0 Å². The number of nitrogens with one attached hydrogen (secondary N) is 1. The summed E-state index contributed by atoms with van der Waals surface area (Å²) in [6, 6.07) is 6.39. The van der Waals surface area contributed by atoms with Crippen molar-refractivity contribution in [3.05, 3.63) is 30.1 Å². The van der Waals surface area contributed by atoms with Crippen molar-refractivity contribution in [3.8, 4) is 12.3 Å². The Morgan fingerprint density at radius 1 is 1.50 bits per heavy atom. The van der Waals surface area contributed by atoms with Gasteiger partial charge in [0.2, 0.25) is 0 Å². The average Bonchev–Trinajstić information content (AvgIpc) is 2.35. The molecular formula is C14H20N2. The summed E-state index contributed by atoms with van der Waals surface area (Å²) < 4.78 is 0. The summed E-state index contributed by atoms with van der Waals surface area (Å²) in [6.45, 7) is 3.20. The van der Waals surface area contributed by atoms with Gasteiger partial charge >= 0.3 is 0 Å². The molecule has 0 aliphatic heterocycles. The first-order valence-electron chi connectivity index (χ1n) is 5.96. The first kappa shape index (κ1) is 12.7. The summed E-state index contributed by atoms with van der Waals surface area (Å²) >= 11 is 0. The van der Waals surface area contributed by atoms with Gasteiger partial charge < -0.3 is 5.32 Å². The molecule has 2 heteroatoms. The second-order valence-electron chi connectivity index (χ2n) is 3.86. The third kappa shape index (κ3) is 4.46. The molecule has 0 bridgehead atoms. The van der Waals surface area contributed by atoms with Crippen LogP contribution in [0.3, 0.4) is 0 Å². The molecule has 1 atom stereocenters. The standard InChI is InChI=1S/C14H20N2/c1-3-5-6-9-13(15-11-4-2)14-10-7-8-12-16-14/h1,7-8,10,12-13,15H,4-6,9,11H2,2H3. The van der Waals surface area contributed by atoms with E-state index in [4.69, 9.17) is 6.42 Å². The smallest absolute Gasteiger partial charge is 0.0573 e. The molecule has 1 unspecified atom stereocenters. The van der Waals surface area contributed by atoms with Crippen molar-refractivity contribution in [2.24, 2.45) is 0 Å². The first-order valence-corrected chi connectivity index (χ1v) is 5.96. The van der Waals surface area contributed by atoms with Crippen LogP contribution in [0, 0.1) is 12.3 Å². The molecule has 1 N–H and O–H groups in total. The van der Waals surface area contributed by atoms with Crippen molar-refractivity contribution in [1.82, 2.24) is 10.3 Å². The highest BCUT2D eigenvalue weighted by molar-refractivity contribution is 5.08. The molecule has 1 rings (SSSR count). The maximum Gasteiger partial charge on any atom is 0.0573 e. The molecule has 1 aromatic heterocycles. The van der Waals surface area contributed by atoms with Crippen LogP contribution >= 0.6 is 0 Å². The molecule has 1 heterocycles. The third-order valence-corrected chi connectivity index (χ3v) is 2.50. The lowest BCUT2D eigenvalue weighted by Gasteiger charge is -2.17. The number of terminal acetylenes is 1. The van der Waals surface area contributed by atoms with Crippen LogP contribution in [0.4, 0.5) is 0 Å². The largest absolute Gasteiger partial charge is 0.309 e. The van der Waals surface area contributed by atoms with E-state index in [-0.39, 0.29) is 0 Å². The Kier molecular flexibility index (Phi) is 6.29. The second-order valence-corrected chi connectivity index (χ2v) is 3.86. The SMILES string of the molecule is C#CCCCC(NCCC)c1ccccn1. The zero-order valence-electron chi connectivity index (χ0n) is 9.95. The number of hydrogen-bond donors (Lipinski definition) is 1. The highest BCUT2D eigenvalue weighted by Crippen LogP contribution is 2.16. The molecule has 0 spiro atoms. The van der Waals surface area contributed by atoms with E-state index in [1.807, 2.05) is 18.3 Å². The molecule has 86 valence electrons. The van der Waals surface area contributed by atoms with Crippen molar-refractivity contribution in [2.75, 3.05) is 6.54 Å². The van der Waals surface area contributed by atoms with Crippen LogP contribution in [0.15, 0.2) is 24.4 Å². The number of unbranched alkanes of at least 4 members (excludes halogenated alkanes) is 1. The van der Waals surface area contributed by atoms with Gasteiger partial charge in [0.15, 0.2) is 0 Å². The topological polar surface area (TPSA) is 24.9 Å². The molecule has 0 saturated heterocycles. The summed E-state index contributed by atoms with van der Waals surface area (Å²) in [4.78, 5) is 4.40. The van der Waals surface area contributed by atoms with E-state index in [2.05, 4.69) is 29.2 Å². The number of nitrogens with zero attached hydrogens (tertiary/aromatic N) is 1. The predicted octanol–water partition coefficient (Wildman–Crippen LogP) is 2.93. The number of pyridine rings is 1. The van der Waals surface area contributed by atoms with E-state index < -0.39 is 0 Å². The van der Waals surface area contributed by atoms with Crippen molar-refractivity contribution >= 4 is 0 Å². The fourth-order valence-electron chi connectivity index (χ4n) is 1.66. The van der Waals surface area contributed by atoms with Crippen LogP contribution in [0.5, 0.6) is 0 Å². The van der Waals surface area contributed by atoms with Crippen LogP contribution in [0.25, 0.3) is 0 Å². The van der Waals surface area contributed by atoms with Crippen LogP contribution in [-0.2, 0) is 0 Å². The lowest BCUT2D eigenvalue weighted by Crippen LogP contribution is -2.22. The Morgan fingerprint density at radius 3 is 3.00 bits per heavy atom. The minimum absolute atomic E-state index is 0.342. The van der Waals surface area contributed by atoms with E-state index in [9.17, 15) is 0 Å². The maximum atomic E-state index is 5.27. The van der Waals surface area contributed by atoms with Crippen LogP contribution < -0.4 is 5.32 Å². The first-order chi connectivity index (χ1) is 7.88. The summed E-state index contributed by atoms with van der Waals surface area (Å²) in [5.41, 5.74) is 1.12. The number of hydrogen-bond acceptors (Lipinski definition) is 2. The second kappa shape index (κ2) is 7.90. The van der Waals surface area contributed by atoms with E-state index >= 15 is 0 Å². The molecular weight excluding hydrogens is 196 g/mol. The summed E-state index contributed by atoms with van der Waals surface area (Å²) in [7, 11) is 0. The van der Waals surface area contributed by atoms with Gasteiger partial charge in [-0.05, 0) is 37.9 Å². The van der Waals surface area contributed by atoms with E-state index in [0.717, 1.165) is 37.9 Å². The third-order valence-electron chi connectivity index (χ3n) is 2.50. The maximum absolute atomic E-state index is 5.27. The quantitative estimate of drug-likeness (QED) is 0.560. The predicted molar refractivity (Wildman–Crippen MR) is 68.0 cm³/mol. The van der Waals surface area contributed by atoms with Crippen LogP contribution in [0.1, 0.15) is 44.3 Å². The molecule has 0 aromatic carbocycles. The monoisotopic (exact) mass is 216 g/mol. The Balaban J connectivity index is 2.53. The normalized spacial score (nSPS) is 12.0. The summed E-state index contributed by atoms with van der Waals surface area (Å²) in [6.07, 6.45) is 11.2. The van der Waals surface area contributed by atoms with Crippen molar-refractivity contribution < 1.29 is 0 Å². The zero-order chi connectivity index (χ0) is 11.6. The van der Waals surface area contributed by atoms with Gasteiger partial charge in [-0.1, -0.05) is 13.0 Å². The van der Waals surface area contributed by atoms with Gasteiger partial charge in [-0.3, -0.25) is 4.98 Å². The number of rotatable bonds is 7. The molecule has 0 amide bonds. The lowest BCUT2D eigenvalue weighted by atomic mass is 10.1. The fraction of sp³-hybridized carbons (Fsp3) is 0.500. The Morgan fingerprint density at radius 2 is 2.38 bits per heavy atom. The minimum Gasteiger partial charge on any atom is -0.309 e. The van der Waals surface area contributed by atoms with E-state index in [1.54, 1.807) is 0 Å². The van der Waals surface area contributed by atoms with Crippen LogP contribution in [-0.4, -0.2) is 11.5 Å². The average molecular weight is 216 g/mol. The van der Waals surface area contributed by atoms with Crippen LogP contribution in [0.2, 0.25) is 0 Å². The van der Waals surface area contributed by atoms with Crippen molar-refractivity contribution in [2.45, 2.75) is 38.6 Å². The lowest BCUT2D eigenvalue weighted by molar-refractivity contribution is 0.478.